The summed E-state index contributed by atoms with van der Waals surface area (Å²) in [5.74, 6) is -0.304. The molecule has 6 nitrogen and oxygen atoms in total. The first-order chi connectivity index (χ1) is 12.7. The van der Waals surface area contributed by atoms with Crippen LogP contribution in [0.15, 0.2) is 23.4 Å². The van der Waals surface area contributed by atoms with Gasteiger partial charge in [0.05, 0.1) is 12.2 Å². The number of ether oxygens (including phenoxy) is 1. The molecule has 150 valence electrons. The predicted octanol–water partition coefficient (Wildman–Crippen LogP) is 3.63. The summed E-state index contributed by atoms with van der Waals surface area (Å²) in [5.41, 5.74) is -4.62. The van der Waals surface area contributed by atoms with Gasteiger partial charge < -0.3 is 14.5 Å². The van der Waals surface area contributed by atoms with Gasteiger partial charge in [0.2, 0.25) is 0 Å². The molecule has 0 radical (unpaired) electrons. The Morgan fingerprint density at radius 3 is 2.56 bits per heavy atom. The number of thioether (sulfide) groups is 1. The van der Waals surface area contributed by atoms with Gasteiger partial charge >= 0.3 is 11.6 Å². The molecule has 0 aromatic carbocycles. The van der Waals surface area contributed by atoms with Crippen molar-refractivity contribution in [1.82, 2.24) is 14.8 Å². The molecule has 1 saturated heterocycles. The van der Waals surface area contributed by atoms with E-state index in [4.69, 9.17) is 4.74 Å². The van der Waals surface area contributed by atoms with Crippen LogP contribution < -0.4 is 0 Å². The maximum absolute atomic E-state index is 12.7. The summed E-state index contributed by atoms with van der Waals surface area (Å²) >= 11 is -0.404. The minimum Gasteiger partial charge on any atom is -0.449 e. The monoisotopic (exact) mass is 405 g/mol. The number of carbonyl (C=O) groups excluding carboxylic acids is 2. The number of carbonyl (C=O) groups is 2. The number of nitrogens with zero attached hydrogens (tertiary/aromatic N) is 3. The molecule has 2 amide bonds. The maximum Gasteiger partial charge on any atom is 0.447 e. The van der Waals surface area contributed by atoms with Crippen molar-refractivity contribution in [3.63, 3.8) is 0 Å². The first kappa shape index (κ1) is 21.3. The van der Waals surface area contributed by atoms with Gasteiger partial charge in [0.15, 0.2) is 0 Å². The Bertz CT molecular complexity index is 670. The largest absolute Gasteiger partial charge is 0.449 e. The summed E-state index contributed by atoms with van der Waals surface area (Å²) in [5, 5.41) is -0.368. The Labute approximate surface area is 160 Å². The second-order valence-corrected chi connectivity index (χ2v) is 7.56. The van der Waals surface area contributed by atoms with Crippen molar-refractivity contribution in [3.05, 3.63) is 23.9 Å². The molecule has 0 aliphatic carbocycles. The highest BCUT2D eigenvalue weighted by Crippen LogP contribution is 2.37. The van der Waals surface area contributed by atoms with E-state index in [1.54, 1.807) is 0 Å². The molecule has 1 aliphatic rings. The lowest BCUT2D eigenvalue weighted by atomic mass is 10.2. The highest BCUT2D eigenvalue weighted by Gasteiger charge is 2.33. The molecule has 0 atom stereocenters. The average molecular weight is 405 g/mol. The number of rotatable bonds is 4. The van der Waals surface area contributed by atoms with Crippen LogP contribution in [-0.4, -0.2) is 65.1 Å². The number of halogens is 3. The molecule has 1 aliphatic heterocycles. The van der Waals surface area contributed by atoms with E-state index in [-0.39, 0.29) is 29.6 Å². The number of pyridine rings is 1. The molecule has 0 N–H and O–H groups in total. The average Bonchev–Trinajstić information content (AvgIpc) is 2.84. The van der Waals surface area contributed by atoms with Gasteiger partial charge in [-0.05, 0) is 24.5 Å². The Balaban J connectivity index is 2.03. The van der Waals surface area contributed by atoms with Gasteiger partial charge in [-0.25, -0.2) is 9.78 Å². The van der Waals surface area contributed by atoms with E-state index in [9.17, 15) is 22.8 Å². The normalized spacial score (nSPS) is 15.6. The topological polar surface area (TPSA) is 62.7 Å². The zero-order valence-electron chi connectivity index (χ0n) is 15.2. The van der Waals surface area contributed by atoms with E-state index in [1.807, 2.05) is 13.8 Å². The first-order valence-electron chi connectivity index (χ1n) is 8.59. The zero-order chi connectivity index (χ0) is 20.0. The number of aromatic nitrogens is 1. The molecule has 1 fully saturated rings. The molecule has 0 unspecified atom stereocenters. The fraction of sp³-hybridized carbons (Fsp3) is 0.588. The van der Waals surface area contributed by atoms with E-state index >= 15 is 0 Å². The summed E-state index contributed by atoms with van der Waals surface area (Å²) in [6, 6.07) is 2.77. The Kier molecular flexibility index (Phi) is 7.34. The van der Waals surface area contributed by atoms with E-state index < -0.39 is 29.3 Å². The van der Waals surface area contributed by atoms with E-state index in [0.717, 1.165) is 0 Å². The van der Waals surface area contributed by atoms with Crippen LogP contribution >= 0.6 is 11.8 Å². The minimum atomic E-state index is -4.53. The zero-order valence-corrected chi connectivity index (χ0v) is 16.0. The second-order valence-electron chi connectivity index (χ2n) is 6.51. The second kappa shape index (κ2) is 9.29. The number of alkyl halides is 3. The van der Waals surface area contributed by atoms with E-state index in [2.05, 4.69) is 4.98 Å². The third-order valence-corrected chi connectivity index (χ3v) is 4.55. The molecule has 2 heterocycles. The molecular formula is C17H22F3N3O3S. The smallest absolute Gasteiger partial charge is 0.447 e. The van der Waals surface area contributed by atoms with Crippen LogP contribution in [0.5, 0.6) is 0 Å². The SMILES string of the molecule is CC(C)COC(=O)N1CCCN(C(=O)c2cccnc2SC(F)(F)F)CC1. The molecule has 0 saturated carbocycles. The fourth-order valence-corrected chi connectivity index (χ4v) is 3.15. The Hall–Kier alpha value is -1.97. The minimum absolute atomic E-state index is 0.0874. The van der Waals surface area contributed by atoms with Crippen molar-refractivity contribution < 1.29 is 27.5 Å². The molecule has 1 aromatic heterocycles. The van der Waals surface area contributed by atoms with Crippen molar-refractivity contribution in [3.8, 4) is 0 Å². The van der Waals surface area contributed by atoms with Gasteiger partial charge in [0.25, 0.3) is 5.91 Å². The lowest BCUT2D eigenvalue weighted by Crippen LogP contribution is -2.38. The molecule has 0 bridgehead atoms. The van der Waals surface area contributed by atoms with Gasteiger partial charge in [-0.2, -0.15) is 13.2 Å². The van der Waals surface area contributed by atoms with Crippen LogP contribution in [0.1, 0.15) is 30.6 Å². The van der Waals surface area contributed by atoms with E-state index in [1.165, 1.54) is 28.1 Å². The van der Waals surface area contributed by atoms with Crippen molar-refractivity contribution in [1.29, 1.82) is 0 Å². The lowest BCUT2D eigenvalue weighted by Gasteiger charge is -2.23. The summed E-state index contributed by atoms with van der Waals surface area (Å²) in [7, 11) is 0. The van der Waals surface area contributed by atoms with Crippen molar-refractivity contribution in [2.24, 2.45) is 5.92 Å². The lowest BCUT2D eigenvalue weighted by molar-refractivity contribution is -0.0329. The number of hydrogen-bond acceptors (Lipinski definition) is 5. The molecule has 1 aromatic rings. The number of hydrogen-bond donors (Lipinski definition) is 0. The highest BCUT2D eigenvalue weighted by molar-refractivity contribution is 8.00. The maximum atomic E-state index is 12.7. The van der Waals surface area contributed by atoms with Crippen LogP contribution in [0.2, 0.25) is 0 Å². The molecular weight excluding hydrogens is 383 g/mol. The molecule has 27 heavy (non-hydrogen) atoms. The van der Waals surface area contributed by atoms with Crippen molar-refractivity contribution >= 4 is 23.8 Å². The molecule has 0 spiro atoms. The van der Waals surface area contributed by atoms with Gasteiger partial charge in [-0.15, -0.1) is 0 Å². The van der Waals surface area contributed by atoms with Crippen molar-refractivity contribution in [2.75, 3.05) is 32.8 Å². The van der Waals surface area contributed by atoms with Gasteiger partial charge in [-0.1, -0.05) is 13.8 Å². The van der Waals surface area contributed by atoms with Crippen LogP contribution in [-0.2, 0) is 4.74 Å². The third-order valence-electron chi connectivity index (χ3n) is 3.80. The predicted molar refractivity (Wildman–Crippen MR) is 94.4 cm³/mol. The van der Waals surface area contributed by atoms with Crippen LogP contribution in [0, 0.1) is 5.92 Å². The summed E-state index contributed by atoms with van der Waals surface area (Å²) < 4.78 is 43.3. The van der Waals surface area contributed by atoms with Crippen LogP contribution in [0.25, 0.3) is 0 Å². The number of amides is 2. The van der Waals surface area contributed by atoms with E-state index in [0.29, 0.717) is 26.1 Å². The van der Waals surface area contributed by atoms with Crippen LogP contribution in [0.3, 0.4) is 0 Å². The van der Waals surface area contributed by atoms with Gasteiger partial charge in [0.1, 0.15) is 5.03 Å². The summed E-state index contributed by atoms with van der Waals surface area (Å²) in [6.45, 7) is 5.44. The fourth-order valence-electron chi connectivity index (χ4n) is 2.55. The highest BCUT2D eigenvalue weighted by atomic mass is 32.2. The molecule has 2 rings (SSSR count). The first-order valence-corrected chi connectivity index (χ1v) is 9.40. The van der Waals surface area contributed by atoms with Gasteiger partial charge in [-0.3, -0.25) is 4.79 Å². The summed E-state index contributed by atoms with van der Waals surface area (Å²) in [4.78, 5) is 31.5. The van der Waals surface area contributed by atoms with Crippen LogP contribution in [0.4, 0.5) is 18.0 Å². The Morgan fingerprint density at radius 2 is 1.89 bits per heavy atom. The molecule has 10 heteroatoms. The standard InChI is InChI=1S/C17H22F3N3O3S/c1-12(2)11-26-16(25)23-8-4-7-22(9-10-23)15(24)13-5-3-6-21-14(13)27-17(18,19)20/h3,5-6,12H,4,7-11H2,1-2H3. The third kappa shape index (κ3) is 6.60. The quantitative estimate of drug-likeness (QED) is 0.716. The van der Waals surface area contributed by atoms with Gasteiger partial charge in [0, 0.05) is 44.1 Å². The van der Waals surface area contributed by atoms with Crippen molar-refractivity contribution in [2.45, 2.75) is 30.8 Å². The Morgan fingerprint density at radius 1 is 1.22 bits per heavy atom. The summed E-state index contributed by atoms with van der Waals surface area (Å²) in [6.07, 6.45) is 1.30.